The minimum absolute atomic E-state index is 0.00931. The molecule has 0 aliphatic carbocycles. The van der Waals surface area contributed by atoms with Crippen molar-refractivity contribution < 1.29 is 0 Å². The molecule has 0 amide bonds. The van der Waals surface area contributed by atoms with E-state index in [1.807, 2.05) is 11.8 Å². The van der Waals surface area contributed by atoms with E-state index in [9.17, 15) is 0 Å². The molecule has 0 aromatic heterocycles. The third kappa shape index (κ3) is 5.98. The molecule has 0 spiro atoms. The lowest BCUT2D eigenvalue weighted by molar-refractivity contribution is 0.588. The predicted molar refractivity (Wildman–Crippen MR) is 239 cm³/mol. The average Bonchev–Trinajstić information content (AvgIpc) is 3.06. The molecular formula is C50H60N2SSi. The van der Waals surface area contributed by atoms with Gasteiger partial charge in [-0.15, -0.1) is 0 Å². The summed E-state index contributed by atoms with van der Waals surface area (Å²) in [6.45, 7) is 35.2. The van der Waals surface area contributed by atoms with Crippen LogP contribution in [0.25, 0.3) is 0 Å². The maximum atomic E-state index is 2.65. The Morgan fingerprint density at radius 1 is 0.352 bits per heavy atom. The zero-order valence-electron chi connectivity index (χ0n) is 35.5. The van der Waals surface area contributed by atoms with E-state index in [4.69, 9.17) is 0 Å². The molecule has 4 heteroatoms. The second kappa shape index (κ2) is 11.9. The Morgan fingerprint density at radius 3 is 0.926 bits per heavy atom. The van der Waals surface area contributed by atoms with Crippen LogP contribution >= 0.6 is 11.8 Å². The molecule has 3 heterocycles. The predicted octanol–water partition coefficient (Wildman–Crippen LogP) is 12.5. The molecule has 3 aliphatic rings. The number of hydrogen-bond acceptors (Lipinski definition) is 3. The Labute approximate surface area is 332 Å². The third-order valence-electron chi connectivity index (χ3n) is 12.0. The van der Waals surface area contributed by atoms with E-state index in [-0.39, 0.29) is 27.1 Å². The fourth-order valence-electron chi connectivity index (χ4n) is 8.52. The first kappa shape index (κ1) is 37.2. The molecule has 3 aliphatic heterocycles. The molecule has 5 aromatic carbocycles. The Balaban J connectivity index is 1.52. The van der Waals surface area contributed by atoms with Gasteiger partial charge < -0.3 is 9.80 Å². The van der Waals surface area contributed by atoms with Crippen LogP contribution in [0.2, 0.25) is 0 Å². The maximum Gasteiger partial charge on any atom is 0.146 e. The molecule has 280 valence electrons. The van der Waals surface area contributed by atoms with E-state index in [0.29, 0.717) is 0 Å². The van der Waals surface area contributed by atoms with E-state index >= 15 is 0 Å². The highest BCUT2D eigenvalue weighted by Crippen LogP contribution is 2.52. The van der Waals surface area contributed by atoms with Crippen LogP contribution in [0.4, 0.5) is 34.1 Å². The molecule has 0 bridgehead atoms. The summed E-state index contributed by atoms with van der Waals surface area (Å²) < 4.78 is 0. The van der Waals surface area contributed by atoms with Crippen molar-refractivity contribution in [3.63, 3.8) is 0 Å². The molecule has 0 fully saturated rings. The first-order valence-corrected chi connectivity index (χ1v) is 22.5. The summed E-state index contributed by atoms with van der Waals surface area (Å²) in [6, 6.07) is 34.3. The van der Waals surface area contributed by atoms with Crippen LogP contribution in [0.15, 0.2) is 94.7 Å². The molecule has 54 heavy (non-hydrogen) atoms. The first-order chi connectivity index (χ1) is 24.9. The van der Waals surface area contributed by atoms with E-state index in [0.717, 1.165) is 0 Å². The molecule has 0 saturated carbocycles. The van der Waals surface area contributed by atoms with Crippen LogP contribution in [0.3, 0.4) is 0 Å². The molecule has 8 rings (SSSR count). The van der Waals surface area contributed by atoms with Gasteiger partial charge in [-0.1, -0.05) is 140 Å². The number of rotatable bonds is 2. The van der Waals surface area contributed by atoms with Crippen molar-refractivity contribution in [3.05, 3.63) is 113 Å². The minimum Gasteiger partial charge on any atom is -0.311 e. The van der Waals surface area contributed by atoms with Gasteiger partial charge in [-0.25, -0.2) is 0 Å². The fraction of sp³-hybridized carbons (Fsp3) is 0.400. The highest BCUT2D eigenvalue weighted by atomic mass is 32.2. The Kier molecular flexibility index (Phi) is 8.19. The summed E-state index contributed by atoms with van der Waals surface area (Å²) >= 11 is 2.02. The van der Waals surface area contributed by atoms with Crippen molar-refractivity contribution >= 4 is 70.2 Å². The van der Waals surface area contributed by atoms with Crippen molar-refractivity contribution in [2.24, 2.45) is 0 Å². The van der Waals surface area contributed by atoms with E-state index in [2.05, 4.69) is 199 Å². The zero-order valence-corrected chi connectivity index (χ0v) is 37.4. The highest BCUT2D eigenvalue weighted by Gasteiger charge is 2.48. The summed E-state index contributed by atoms with van der Waals surface area (Å²) in [7, 11) is -1.95. The molecule has 0 unspecified atom stereocenters. The monoisotopic (exact) mass is 748 g/mol. The van der Waals surface area contributed by atoms with Crippen molar-refractivity contribution in [2.45, 2.75) is 141 Å². The zero-order chi connectivity index (χ0) is 39.1. The lowest BCUT2D eigenvalue weighted by Gasteiger charge is -2.48. The Hall–Kier alpha value is -3.73. The van der Waals surface area contributed by atoms with Gasteiger partial charge in [0.25, 0.3) is 0 Å². The fourth-order valence-corrected chi connectivity index (χ4v) is 14.3. The van der Waals surface area contributed by atoms with Gasteiger partial charge >= 0.3 is 0 Å². The highest BCUT2D eigenvalue weighted by molar-refractivity contribution is 8.00. The number of nitrogens with zero attached hydrogens (tertiary/aromatic N) is 2. The van der Waals surface area contributed by atoms with E-state index in [1.54, 1.807) is 15.6 Å². The maximum absolute atomic E-state index is 2.65. The first-order valence-electron chi connectivity index (χ1n) is 20.0. The lowest BCUT2D eigenvalue weighted by Crippen LogP contribution is -2.64. The molecule has 5 aromatic rings. The quantitative estimate of drug-likeness (QED) is 0.163. The van der Waals surface area contributed by atoms with Crippen LogP contribution in [0, 0.1) is 0 Å². The largest absolute Gasteiger partial charge is 0.311 e. The second-order valence-electron chi connectivity index (χ2n) is 21.3. The average molecular weight is 749 g/mol. The summed E-state index contributed by atoms with van der Waals surface area (Å²) in [4.78, 5) is 8.21. The Morgan fingerprint density at radius 2 is 0.630 bits per heavy atom. The molecular weight excluding hydrogens is 689 g/mol. The molecule has 0 atom stereocenters. The van der Waals surface area contributed by atoms with Crippen LogP contribution < -0.4 is 25.4 Å². The van der Waals surface area contributed by atoms with E-state index < -0.39 is 8.80 Å². The summed E-state index contributed by atoms with van der Waals surface area (Å²) in [6.07, 6.45) is 0. The summed E-state index contributed by atoms with van der Waals surface area (Å²) in [5, 5.41) is 4.73. The van der Waals surface area contributed by atoms with Gasteiger partial charge in [0.05, 0.1) is 0 Å². The van der Waals surface area contributed by atoms with Crippen LogP contribution in [-0.2, 0) is 27.1 Å². The van der Waals surface area contributed by atoms with Gasteiger partial charge in [0.1, 0.15) is 8.80 Å². The van der Waals surface area contributed by atoms with Crippen molar-refractivity contribution in [2.75, 3.05) is 9.80 Å². The third-order valence-corrected chi connectivity index (χ3v) is 17.1. The van der Waals surface area contributed by atoms with Crippen LogP contribution in [0.1, 0.15) is 132 Å². The molecule has 0 saturated heterocycles. The van der Waals surface area contributed by atoms with E-state index in [1.165, 1.54) is 71.7 Å². The summed E-state index contributed by atoms with van der Waals surface area (Å²) in [5.74, 6) is 0. The SMILES string of the molecule is CC(C)(C)c1ccc(N2c3cc(C(C)(C)C)cc4c3[SiH]3c5c(cc(C(C)(C)C)cc5N(c5ccc(C(C)(C)C)cc5)c5cc(C(C)(C)C)cc2c53)S4)cc1. The lowest BCUT2D eigenvalue weighted by atomic mass is 9.84. The van der Waals surface area contributed by atoms with Gasteiger partial charge in [-0.05, 0) is 131 Å². The van der Waals surface area contributed by atoms with Crippen molar-refractivity contribution in [1.82, 2.24) is 0 Å². The standard InChI is InChI=1S/C50H60N2SSi/c1-46(2,3)30-16-20-35(21-17-30)51-37-24-32(48(7,8)9)25-38-43(37)54-44-39(51)26-33(49(10,11)12)28-41(44)53-42-29-34(50(13,14)15)27-40(45(42)54)52(38)36-22-18-31(19-23-36)47(4,5)6/h16-29,54H,1-15H3. The van der Waals surface area contributed by atoms with Gasteiger partial charge in [0.15, 0.2) is 0 Å². The van der Waals surface area contributed by atoms with Crippen molar-refractivity contribution in [1.29, 1.82) is 0 Å². The molecule has 0 N–H and O–H groups in total. The minimum atomic E-state index is -1.95. The molecule has 2 nitrogen and oxygen atoms in total. The number of hydrogen-bond donors (Lipinski definition) is 0. The van der Waals surface area contributed by atoms with Gasteiger partial charge in [0, 0.05) is 43.9 Å². The normalized spacial score (nSPS) is 15.5. The smallest absolute Gasteiger partial charge is 0.146 e. The Bertz CT molecular complexity index is 2160. The molecule has 0 radical (unpaired) electrons. The van der Waals surface area contributed by atoms with Crippen LogP contribution in [-0.4, -0.2) is 8.80 Å². The number of benzene rings is 5. The summed E-state index contributed by atoms with van der Waals surface area (Å²) in [5.41, 5.74) is 15.0. The van der Waals surface area contributed by atoms with Crippen molar-refractivity contribution in [3.8, 4) is 0 Å². The number of anilines is 6. The second-order valence-corrected chi connectivity index (χ2v) is 25.0. The topological polar surface area (TPSA) is 6.48 Å². The van der Waals surface area contributed by atoms with Gasteiger partial charge in [-0.3, -0.25) is 0 Å². The van der Waals surface area contributed by atoms with Crippen LogP contribution in [0.5, 0.6) is 0 Å². The van der Waals surface area contributed by atoms with Gasteiger partial charge in [-0.2, -0.15) is 0 Å². The van der Waals surface area contributed by atoms with Gasteiger partial charge in [0.2, 0.25) is 0 Å².